The Hall–Kier alpha value is -1.82. The molecule has 0 radical (unpaired) electrons. The van der Waals surface area contributed by atoms with Gasteiger partial charge >= 0.3 is 0 Å². The maximum Gasteiger partial charge on any atom is 0.126 e. The Balaban J connectivity index is 2.07. The molecule has 4 nitrogen and oxygen atoms in total. The van der Waals surface area contributed by atoms with E-state index in [1.165, 1.54) is 22.2 Å². The zero-order valence-corrected chi connectivity index (χ0v) is 20.4. The monoisotopic (exact) mass is 485 g/mol. The number of ether oxygens (including phenoxy) is 2. The Morgan fingerprint density at radius 1 is 1.23 bits per heavy atom. The Bertz CT molecular complexity index is 1090. The molecule has 3 aromatic rings. The zero-order valence-electron chi connectivity index (χ0n) is 18.8. The molecule has 1 atom stereocenters. The summed E-state index contributed by atoms with van der Waals surface area (Å²) in [6.45, 7) is 8.15. The quantitative estimate of drug-likeness (QED) is 0.428. The van der Waals surface area contributed by atoms with Crippen LogP contribution in [0.5, 0.6) is 5.75 Å². The van der Waals surface area contributed by atoms with Gasteiger partial charge in [0.1, 0.15) is 5.75 Å². The van der Waals surface area contributed by atoms with Gasteiger partial charge in [-0.3, -0.25) is 0 Å². The van der Waals surface area contributed by atoms with Gasteiger partial charge in [-0.15, -0.1) is 0 Å². The Kier molecular flexibility index (Phi) is 6.47. The fraction of sp³-hybridized carbons (Fsp3) is 0.462. The summed E-state index contributed by atoms with van der Waals surface area (Å²) in [5, 5.41) is 11.1. The fourth-order valence-electron chi connectivity index (χ4n) is 4.90. The third-order valence-electron chi connectivity index (χ3n) is 6.83. The second-order valence-electron chi connectivity index (χ2n) is 8.88. The SMILES string of the molecule is CCC1(CCO)COCCc2c1[nH]c1c(-c3cc(Br)ccc3OC)cc(C(C)C)cc21. The topological polar surface area (TPSA) is 54.5 Å². The molecular formula is C26H32BrNO3. The molecule has 1 aliphatic rings. The van der Waals surface area contributed by atoms with E-state index >= 15 is 0 Å². The molecule has 1 aromatic heterocycles. The van der Waals surface area contributed by atoms with Crippen molar-refractivity contribution >= 4 is 26.8 Å². The third kappa shape index (κ3) is 3.92. The Morgan fingerprint density at radius 2 is 2.03 bits per heavy atom. The number of aromatic amines is 1. The van der Waals surface area contributed by atoms with Crippen molar-refractivity contribution in [3.8, 4) is 16.9 Å². The number of hydrogen-bond donors (Lipinski definition) is 2. The minimum atomic E-state index is -0.198. The number of methoxy groups -OCH3 is 1. The van der Waals surface area contributed by atoms with Crippen molar-refractivity contribution < 1.29 is 14.6 Å². The molecule has 31 heavy (non-hydrogen) atoms. The van der Waals surface area contributed by atoms with Gasteiger partial charge in [0.25, 0.3) is 0 Å². The molecule has 2 heterocycles. The van der Waals surface area contributed by atoms with Crippen LogP contribution in [0.3, 0.4) is 0 Å². The normalized spacial score (nSPS) is 18.9. The molecule has 5 heteroatoms. The van der Waals surface area contributed by atoms with Crippen molar-refractivity contribution in [2.24, 2.45) is 0 Å². The van der Waals surface area contributed by atoms with Crippen LogP contribution < -0.4 is 4.74 Å². The van der Waals surface area contributed by atoms with Crippen LogP contribution in [0.2, 0.25) is 0 Å². The van der Waals surface area contributed by atoms with E-state index in [2.05, 4.69) is 59.9 Å². The van der Waals surface area contributed by atoms with Crippen molar-refractivity contribution in [1.82, 2.24) is 4.98 Å². The number of fused-ring (bicyclic) bond motifs is 3. The van der Waals surface area contributed by atoms with E-state index in [4.69, 9.17) is 9.47 Å². The number of halogens is 1. The van der Waals surface area contributed by atoms with Gasteiger partial charge in [-0.2, -0.15) is 0 Å². The third-order valence-corrected chi connectivity index (χ3v) is 7.32. The Morgan fingerprint density at radius 3 is 2.71 bits per heavy atom. The number of nitrogens with one attached hydrogen (secondary N) is 1. The Labute approximate surface area is 193 Å². The predicted octanol–water partition coefficient (Wildman–Crippen LogP) is 6.33. The lowest BCUT2D eigenvalue weighted by Gasteiger charge is -2.30. The summed E-state index contributed by atoms with van der Waals surface area (Å²) in [5.41, 5.74) is 7.04. The summed E-state index contributed by atoms with van der Waals surface area (Å²) in [6.07, 6.45) is 2.48. The number of aliphatic hydroxyl groups is 1. The summed E-state index contributed by atoms with van der Waals surface area (Å²) in [5.74, 6) is 1.26. The largest absolute Gasteiger partial charge is 0.496 e. The van der Waals surface area contributed by atoms with Crippen LogP contribution in [0.25, 0.3) is 22.0 Å². The number of aromatic nitrogens is 1. The highest BCUT2D eigenvalue weighted by molar-refractivity contribution is 9.10. The highest BCUT2D eigenvalue weighted by Crippen LogP contribution is 2.44. The lowest BCUT2D eigenvalue weighted by molar-refractivity contribution is 0.0752. The van der Waals surface area contributed by atoms with Gasteiger partial charge in [-0.1, -0.05) is 36.7 Å². The molecule has 0 amide bonds. The average molecular weight is 486 g/mol. The van der Waals surface area contributed by atoms with E-state index in [9.17, 15) is 5.11 Å². The highest BCUT2D eigenvalue weighted by Gasteiger charge is 2.37. The predicted molar refractivity (Wildman–Crippen MR) is 130 cm³/mol. The number of rotatable bonds is 6. The minimum absolute atomic E-state index is 0.148. The fourth-order valence-corrected chi connectivity index (χ4v) is 5.26. The summed E-state index contributed by atoms with van der Waals surface area (Å²) < 4.78 is 12.8. The van der Waals surface area contributed by atoms with E-state index in [1.54, 1.807) is 7.11 Å². The van der Waals surface area contributed by atoms with Crippen molar-refractivity contribution in [3.63, 3.8) is 0 Å². The minimum Gasteiger partial charge on any atom is -0.496 e. The molecule has 4 rings (SSSR count). The van der Waals surface area contributed by atoms with Crippen molar-refractivity contribution in [2.75, 3.05) is 26.9 Å². The molecule has 0 aliphatic carbocycles. The maximum absolute atomic E-state index is 9.86. The van der Waals surface area contributed by atoms with Crippen molar-refractivity contribution in [3.05, 3.63) is 51.6 Å². The molecule has 0 spiro atoms. The van der Waals surface area contributed by atoms with E-state index in [0.29, 0.717) is 25.6 Å². The molecule has 166 valence electrons. The molecular weight excluding hydrogens is 454 g/mol. The summed E-state index contributed by atoms with van der Waals surface area (Å²) in [4.78, 5) is 3.82. The van der Waals surface area contributed by atoms with Crippen LogP contribution in [-0.4, -0.2) is 37.0 Å². The first-order valence-corrected chi connectivity index (χ1v) is 11.9. The van der Waals surface area contributed by atoms with Crippen LogP contribution in [0.15, 0.2) is 34.8 Å². The van der Waals surface area contributed by atoms with Gasteiger partial charge in [0, 0.05) is 38.7 Å². The first kappa shape index (κ1) is 22.4. The summed E-state index contributed by atoms with van der Waals surface area (Å²) >= 11 is 3.64. The van der Waals surface area contributed by atoms with Gasteiger partial charge in [-0.05, 0) is 66.6 Å². The highest BCUT2D eigenvalue weighted by atomic mass is 79.9. The van der Waals surface area contributed by atoms with E-state index in [1.807, 2.05) is 12.1 Å². The molecule has 2 N–H and O–H groups in total. The lowest BCUT2D eigenvalue weighted by Crippen LogP contribution is -2.32. The van der Waals surface area contributed by atoms with E-state index in [0.717, 1.165) is 39.7 Å². The number of hydrogen-bond acceptors (Lipinski definition) is 3. The number of benzene rings is 2. The van der Waals surface area contributed by atoms with Crippen molar-refractivity contribution in [1.29, 1.82) is 0 Å². The molecule has 1 unspecified atom stereocenters. The van der Waals surface area contributed by atoms with Gasteiger partial charge in [0.15, 0.2) is 0 Å². The smallest absolute Gasteiger partial charge is 0.126 e. The van der Waals surface area contributed by atoms with Crippen LogP contribution in [0.1, 0.15) is 56.4 Å². The first-order valence-electron chi connectivity index (χ1n) is 11.2. The summed E-state index contributed by atoms with van der Waals surface area (Å²) in [6, 6.07) is 10.8. The van der Waals surface area contributed by atoms with E-state index < -0.39 is 0 Å². The van der Waals surface area contributed by atoms with Crippen LogP contribution in [-0.2, 0) is 16.6 Å². The lowest BCUT2D eigenvalue weighted by atomic mass is 9.78. The van der Waals surface area contributed by atoms with E-state index in [-0.39, 0.29) is 12.0 Å². The number of aliphatic hydroxyl groups excluding tert-OH is 1. The molecule has 2 aromatic carbocycles. The van der Waals surface area contributed by atoms with Crippen LogP contribution in [0, 0.1) is 0 Å². The van der Waals surface area contributed by atoms with Gasteiger partial charge in [0.05, 0.1) is 25.8 Å². The van der Waals surface area contributed by atoms with Crippen LogP contribution >= 0.6 is 15.9 Å². The molecule has 1 aliphatic heterocycles. The molecule has 0 saturated carbocycles. The summed E-state index contributed by atoms with van der Waals surface area (Å²) in [7, 11) is 1.72. The standard InChI is InChI=1S/C26H32BrNO3/c1-5-26(9-10-29)15-31-11-8-19-21-12-17(16(2)3)13-22(24(21)28-25(19)26)20-14-18(27)6-7-23(20)30-4/h6-7,12-14,16,28-29H,5,8-11,15H2,1-4H3. The van der Waals surface area contributed by atoms with Crippen LogP contribution in [0.4, 0.5) is 0 Å². The average Bonchev–Trinajstić information content (AvgIpc) is 3.04. The first-order chi connectivity index (χ1) is 14.9. The molecule has 0 bridgehead atoms. The van der Waals surface area contributed by atoms with Crippen molar-refractivity contribution in [2.45, 2.75) is 51.4 Å². The molecule has 0 fully saturated rings. The second kappa shape index (κ2) is 8.97. The number of H-pyrrole nitrogens is 1. The van der Waals surface area contributed by atoms with Gasteiger partial charge in [0.2, 0.25) is 0 Å². The maximum atomic E-state index is 9.86. The van der Waals surface area contributed by atoms with Gasteiger partial charge in [-0.25, -0.2) is 0 Å². The zero-order chi connectivity index (χ0) is 22.2. The van der Waals surface area contributed by atoms with Gasteiger partial charge < -0.3 is 19.6 Å². The molecule has 0 saturated heterocycles. The second-order valence-corrected chi connectivity index (χ2v) is 9.79.